The van der Waals surface area contributed by atoms with Crippen LogP contribution in [0.1, 0.15) is 128 Å². The van der Waals surface area contributed by atoms with Gasteiger partial charge in [-0.05, 0) is 66.2 Å². The summed E-state index contributed by atoms with van der Waals surface area (Å²) in [7, 11) is 0. The van der Waals surface area contributed by atoms with Crippen molar-refractivity contribution in [3.05, 3.63) is 129 Å². The fourth-order valence-corrected chi connectivity index (χ4v) is 12.9. The van der Waals surface area contributed by atoms with Gasteiger partial charge < -0.3 is 48.8 Å². The van der Waals surface area contributed by atoms with E-state index in [1.807, 2.05) is 102 Å². The second-order valence-corrected chi connectivity index (χ2v) is 25.8. The minimum atomic E-state index is -1.48. The number of benzene rings is 4. The molecular weight excluding hydrogens is 857 g/mol. The number of aliphatic hydroxyl groups excluding tert-OH is 2. The molecule has 0 radical (unpaired) electrons. The first-order chi connectivity index (χ1) is 31.7. The van der Waals surface area contributed by atoms with E-state index in [1.54, 1.807) is 0 Å². The molecule has 7 aliphatic rings. The molecule has 6 fully saturated rings. The molecule has 364 valence electrons. The van der Waals surface area contributed by atoms with Crippen molar-refractivity contribution in [3.8, 4) is 11.5 Å². The molecule has 4 aromatic rings. The van der Waals surface area contributed by atoms with Gasteiger partial charge in [0.25, 0.3) is 0 Å². The van der Waals surface area contributed by atoms with Gasteiger partial charge in [0, 0.05) is 25.7 Å². The fraction of sp³-hybridized carbons (Fsp3) is 0.586. The molecule has 4 spiro atoms. The highest BCUT2D eigenvalue weighted by Crippen LogP contribution is 2.72. The van der Waals surface area contributed by atoms with E-state index >= 15 is 0 Å². The predicted octanol–water partition coefficient (Wildman–Crippen LogP) is 8.18. The van der Waals surface area contributed by atoms with Crippen LogP contribution in [0.3, 0.4) is 0 Å². The molecule has 68 heavy (non-hydrogen) atoms. The number of aliphatic hydroxyl groups is 4. The highest BCUT2D eigenvalue weighted by atomic mass is 16.7. The molecule has 12 atom stereocenters. The third-order valence-electron chi connectivity index (χ3n) is 17.3. The molecule has 4 saturated heterocycles. The summed E-state index contributed by atoms with van der Waals surface area (Å²) in [5, 5.41) is 53.2. The van der Waals surface area contributed by atoms with Gasteiger partial charge >= 0.3 is 0 Å². The van der Waals surface area contributed by atoms with Crippen LogP contribution in [-0.4, -0.2) is 90.7 Å². The second kappa shape index (κ2) is 14.4. The maximum atomic E-state index is 13.3. The van der Waals surface area contributed by atoms with Crippen molar-refractivity contribution in [1.82, 2.24) is 0 Å². The first kappa shape index (κ1) is 46.5. The van der Waals surface area contributed by atoms with Gasteiger partial charge in [-0.2, -0.15) is 0 Å². The molecule has 4 N–H and O–H groups in total. The summed E-state index contributed by atoms with van der Waals surface area (Å²) < 4.78 is 41.7. The van der Waals surface area contributed by atoms with Crippen LogP contribution >= 0.6 is 0 Å². The highest BCUT2D eigenvalue weighted by Gasteiger charge is 2.91. The number of rotatable bonds is 6. The number of hydrogen-bond acceptors (Lipinski definition) is 10. The summed E-state index contributed by atoms with van der Waals surface area (Å²) in [6.45, 7) is 25.7. The number of hydrogen-bond donors (Lipinski definition) is 4. The van der Waals surface area contributed by atoms with E-state index in [1.165, 1.54) is 0 Å². The number of fused-ring (bicyclic) bond motifs is 4. The lowest BCUT2D eigenvalue weighted by atomic mass is 9.58. The van der Waals surface area contributed by atoms with Crippen LogP contribution in [0.15, 0.2) is 84.9 Å². The zero-order valence-electron chi connectivity index (χ0n) is 42.0. The van der Waals surface area contributed by atoms with Crippen LogP contribution in [0.25, 0.3) is 0 Å². The van der Waals surface area contributed by atoms with Gasteiger partial charge in [-0.15, -0.1) is 0 Å². The number of epoxide rings is 4. The van der Waals surface area contributed by atoms with Crippen molar-refractivity contribution in [2.24, 2.45) is 10.8 Å². The molecule has 4 aromatic carbocycles. The molecule has 2 saturated carbocycles. The molecule has 0 aromatic heterocycles. The average Bonchev–Trinajstić information content (AvgIpc) is 4.10. The van der Waals surface area contributed by atoms with E-state index in [9.17, 15) is 20.4 Å². The normalized spacial score (nSPS) is 37.7. The molecular formula is C58H72O10. The Morgan fingerprint density at radius 1 is 0.456 bits per heavy atom. The smallest absolute Gasteiger partial charge is 0.131 e. The van der Waals surface area contributed by atoms with Gasteiger partial charge in [-0.1, -0.05) is 168 Å². The van der Waals surface area contributed by atoms with Gasteiger partial charge in [-0.25, -0.2) is 0 Å². The molecule has 10 heteroatoms. The summed E-state index contributed by atoms with van der Waals surface area (Å²) in [5.74, 6) is 1.22. The summed E-state index contributed by atoms with van der Waals surface area (Å²) in [6.07, 6.45) is -4.47. The lowest BCUT2D eigenvalue weighted by molar-refractivity contribution is -0.103. The minimum Gasteiger partial charge on any atom is -0.488 e. The van der Waals surface area contributed by atoms with Gasteiger partial charge in [-0.3, -0.25) is 0 Å². The van der Waals surface area contributed by atoms with E-state index in [4.69, 9.17) is 28.4 Å². The number of ether oxygens (including phenoxy) is 6. The quantitative estimate of drug-likeness (QED) is 0.140. The summed E-state index contributed by atoms with van der Waals surface area (Å²) in [6, 6.07) is 28.7. The Kier molecular flexibility index (Phi) is 9.86. The standard InChI is InChI=1S/C58H72O10/c1-49(2,3)39-23-35-27-53-43(59)55(47(67-55)57(61,45(53)65-53)51(7,8)9)29-37-25-40(50(4,5)6)26-38(42(37)64-32-34-21-17-14-18-22-34)30-56-44(60)54(46(66-54)58(62,48(56)68-56)52(10,11)12)28-36(24-39)41(35)63-31-33-19-15-13-16-20-33/h13-26,43-48,59-62H,27-32H2,1-12H3/t43?,44?,45-,46-,47+,48+,53-,54-,55-,56-,57?,58?/m1/s1. The monoisotopic (exact) mass is 929 g/mol. The van der Waals surface area contributed by atoms with E-state index in [2.05, 4.69) is 65.8 Å². The molecule has 4 aliphatic heterocycles. The van der Waals surface area contributed by atoms with Crippen molar-refractivity contribution < 1.29 is 48.8 Å². The van der Waals surface area contributed by atoms with Gasteiger partial charge in [0.1, 0.15) is 94.9 Å². The van der Waals surface area contributed by atoms with Crippen molar-refractivity contribution in [2.45, 2.75) is 203 Å². The Labute approximate surface area is 402 Å². The maximum Gasteiger partial charge on any atom is 0.131 e. The molecule has 3 aliphatic carbocycles. The van der Waals surface area contributed by atoms with Gasteiger partial charge in [0.05, 0.1) is 0 Å². The van der Waals surface area contributed by atoms with Gasteiger partial charge in [0.2, 0.25) is 0 Å². The van der Waals surface area contributed by atoms with E-state index in [0.29, 0.717) is 11.5 Å². The summed E-state index contributed by atoms with van der Waals surface area (Å²) in [4.78, 5) is 0. The zero-order valence-corrected chi connectivity index (χ0v) is 42.0. The fourth-order valence-electron chi connectivity index (χ4n) is 12.9. The lowest BCUT2D eigenvalue weighted by Crippen LogP contribution is -2.65. The maximum absolute atomic E-state index is 13.3. The Hall–Kier alpha value is -3.84. The van der Waals surface area contributed by atoms with E-state index in [0.717, 1.165) is 44.5 Å². The predicted molar refractivity (Wildman–Crippen MR) is 258 cm³/mol. The van der Waals surface area contributed by atoms with Crippen LogP contribution in [0, 0.1) is 10.8 Å². The average molecular weight is 929 g/mol. The largest absolute Gasteiger partial charge is 0.488 e. The molecule has 0 amide bonds. The molecule has 4 unspecified atom stereocenters. The van der Waals surface area contributed by atoms with Crippen LogP contribution in [-0.2, 0) is 68.7 Å². The van der Waals surface area contributed by atoms with E-state index in [-0.39, 0.29) is 49.7 Å². The minimum absolute atomic E-state index is 0.210. The Morgan fingerprint density at radius 2 is 0.721 bits per heavy atom. The SMILES string of the molecule is CC(C)(C)c1cc2c(OCc3ccccc3)c(c1)C[C@]13O[C@@H]1C(O)(C(C)(C)C)[C@@H]1O[C@]1(Cc1cc(C(C)(C)C)cc(c1OCc1ccccc1)C[C@]14O[C@H]1C(O)(C(C)(C)C)[C@H]1O[C@]1(C2)C4O)C3O. The van der Waals surface area contributed by atoms with Crippen LogP contribution in [0.2, 0.25) is 0 Å². The summed E-state index contributed by atoms with van der Waals surface area (Å²) >= 11 is 0. The third kappa shape index (κ3) is 6.57. The summed E-state index contributed by atoms with van der Waals surface area (Å²) in [5.41, 5.74) is -2.82. The molecule has 10 nitrogen and oxygen atoms in total. The molecule has 11 rings (SSSR count). The molecule has 4 heterocycles. The molecule has 8 bridgehead atoms. The van der Waals surface area contributed by atoms with Gasteiger partial charge in [0.15, 0.2) is 0 Å². The van der Waals surface area contributed by atoms with Crippen LogP contribution in [0.4, 0.5) is 0 Å². The first-order valence-corrected chi connectivity index (χ1v) is 24.8. The second-order valence-electron chi connectivity index (χ2n) is 25.8. The van der Waals surface area contributed by atoms with Crippen LogP contribution in [0.5, 0.6) is 11.5 Å². The zero-order chi connectivity index (χ0) is 48.6. The Bertz CT molecular complexity index is 2370. The van der Waals surface area contributed by atoms with Crippen molar-refractivity contribution >= 4 is 0 Å². The topological polar surface area (TPSA) is 150 Å². The lowest BCUT2D eigenvalue weighted by Gasteiger charge is -2.45. The van der Waals surface area contributed by atoms with E-state index < -0.39 is 81.1 Å². The van der Waals surface area contributed by atoms with Crippen molar-refractivity contribution in [2.75, 3.05) is 0 Å². The highest BCUT2D eigenvalue weighted by molar-refractivity contribution is 5.55. The van der Waals surface area contributed by atoms with Crippen LogP contribution < -0.4 is 9.47 Å². The first-order valence-electron chi connectivity index (χ1n) is 24.8. The third-order valence-corrected chi connectivity index (χ3v) is 17.3. The van der Waals surface area contributed by atoms with Crippen molar-refractivity contribution in [3.63, 3.8) is 0 Å². The Morgan fingerprint density at radius 3 is 0.956 bits per heavy atom. The Balaban J connectivity index is 1.16. The van der Waals surface area contributed by atoms with Crippen molar-refractivity contribution in [1.29, 1.82) is 0 Å².